The molecule has 7 heteroatoms. The molecule has 0 radical (unpaired) electrons. The van der Waals surface area contributed by atoms with E-state index in [1.54, 1.807) is 7.05 Å². The largest absolute Gasteiger partial charge is 0.382 e. The van der Waals surface area contributed by atoms with Crippen LogP contribution in [0.4, 0.5) is 5.82 Å². The topological polar surface area (TPSA) is 98.3 Å². The number of nitrogens with zero attached hydrogens (tertiary/aromatic N) is 5. The zero-order chi connectivity index (χ0) is 10.8. The Labute approximate surface area is 86.7 Å². The molecule has 0 aromatic carbocycles. The van der Waals surface area contributed by atoms with Crippen molar-refractivity contribution in [1.29, 1.82) is 0 Å². The maximum atomic E-state index is 5.75. The molecule has 0 saturated carbocycles. The van der Waals surface area contributed by atoms with Crippen molar-refractivity contribution in [3.63, 3.8) is 0 Å². The van der Waals surface area contributed by atoms with Crippen molar-refractivity contribution < 1.29 is 0 Å². The van der Waals surface area contributed by atoms with Crippen molar-refractivity contribution in [2.75, 3.05) is 5.73 Å². The van der Waals surface area contributed by atoms with E-state index < -0.39 is 0 Å². The molecule has 0 fully saturated rings. The van der Waals surface area contributed by atoms with Gasteiger partial charge in [0.25, 0.3) is 0 Å². The van der Waals surface area contributed by atoms with E-state index in [2.05, 4.69) is 32.5 Å². The second-order valence-electron chi connectivity index (χ2n) is 3.31. The summed E-state index contributed by atoms with van der Waals surface area (Å²) in [6, 6.07) is 0. The number of nitrogens with one attached hydrogen (secondary N) is 1. The van der Waals surface area contributed by atoms with Gasteiger partial charge >= 0.3 is 0 Å². The minimum absolute atomic E-state index is 0.513. The van der Waals surface area contributed by atoms with E-state index in [1.165, 1.54) is 4.80 Å². The Morgan fingerprint density at radius 1 is 1.47 bits per heavy atom. The molecule has 0 amide bonds. The number of anilines is 1. The van der Waals surface area contributed by atoms with Gasteiger partial charge in [0.15, 0.2) is 0 Å². The molecule has 2 aromatic rings. The first-order valence-corrected chi connectivity index (χ1v) is 4.79. The van der Waals surface area contributed by atoms with Crippen LogP contribution in [-0.2, 0) is 13.5 Å². The molecule has 0 spiro atoms. The lowest BCUT2D eigenvalue weighted by Gasteiger charge is -1.97. The number of hydrogen-bond acceptors (Lipinski definition) is 5. The third-order valence-corrected chi connectivity index (χ3v) is 2.13. The Morgan fingerprint density at radius 2 is 2.27 bits per heavy atom. The van der Waals surface area contributed by atoms with E-state index in [9.17, 15) is 0 Å². The summed E-state index contributed by atoms with van der Waals surface area (Å²) in [5, 5.41) is 18.6. The molecule has 2 rings (SSSR count). The highest BCUT2D eigenvalue weighted by atomic mass is 15.6. The number of aryl methyl sites for hydroxylation is 1. The SMILES string of the molecule is CCCc1c(N)n[nH]c1-c1nnn(C)n1. The standard InChI is InChI=1S/C8H13N7/c1-3-4-5-6(10-11-7(5)9)8-12-14-15(2)13-8/h3-4H2,1-2H3,(H3,9,10,11). The van der Waals surface area contributed by atoms with E-state index in [4.69, 9.17) is 5.73 Å². The summed E-state index contributed by atoms with van der Waals surface area (Å²) in [6.45, 7) is 2.08. The van der Waals surface area contributed by atoms with Crippen LogP contribution in [0.25, 0.3) is 11.5 Å². The lowest BCUT2D eigenvalue weighted by atomic mass is 10.1. The fourth-order valence-electron chi connectivity index (χ4n) is 1.45. The molecule has 2 aromatic heterocycles. The van der Waals surface area contributed by atoms with Crippen LogP contribution in [0.15, 0.2) is 0 Å². The molecular formula is C8H13N7. The van der Waals surface area contributed by atoms with Crippen molar-refractivity contribution in [3.05, 3.63) is 5.56 Å². The van der Waals surface area contributed by atoms with Gasteiger partial charge in [-0.1, -0.05) is 13.3 Å². The summed E-state index contributed by atoms with van der Waals surface area (Å²) < 4.78 is 0. The fraction of sp³-hybridized carbons (Fsp3) is 0.500. The zero-order valence-electron chi connectivity index (χ0n) is 8.73. The average molecular weight is 207 g/mol. The number of hydrogen-bond donors (Lipinski definition) is 2. The van der Waals surface area contributed by atoms with Crippen molar-refractivity contribution in [2.45, 2.75) is 19.8 Å². The molecule has 15 heavy (non-hydrogen) atoms. The van der Waals surface area contributed by atoms with Crippen LogP contribution < -0.4 is 5.73 Å². The van der Waals surface area contributed by atoms with Crippen LogP contribution >= 0.6 is 0 Å². The fourth-order valence-corrected chi connectivity index (χ4v) is 1.45. The maximum absolute atomic E-state index is 5.75. The number of H-pyrrole nitrogens is 1. The predicted octanol–water partition coefficient (Wildman–Crippen LogP) is 0.135. The molecular weight excluding hydrogens is 194 g/mol. The minimum Gasteiger partial charge on any atom is -0.382 e. The first-order valence-electron chi connectivity index (χ1n) is 4.79. The van der Waals surface area contributed by atoms with Crippen LogP contribution in [-0.4, -0.2) is 30.4 Å². The number of nitrogens with two attached hydrogens (primary N) is 1. The molecule has 0 unspecified atom stereocenters. The minimum atomic E-state index is 0.513. The summed E-state index contributed by atoms with van der Waals surface area (Å²) in [4.78, 5) is 1.40. The summed E-state index contributed by atoms with van der Waals surface area (Å²) in [5.41, 5.74) is 7.48. The first kappa shape index (κ1) is 9.63. The number of nitrogen functional groups attached to an aromatic ring is 1. The van der Waals surface area contributed by atoms with Crippen LogP contribution in [0.3, 0.4) is 0 Å². The molecule has 7 nitrogen and oxygen atoms in total. The second kappa shape index (κ2) is 3.68. The number of tetrazole rings is 1. The zero-order valence-corrected chi connectivity index (χ0v) is 8.73. The summed E-state index contributed by atoms with van der Waals surface area (Å²) in [5.74, 6) is 1.05. The maximum Gasteiger partial charge on any atom is 0.222 e. The van der Waals surface area contributed by atoms with Gasteiger partial charge < -0.3 is 5.73 Å². The van der Waals surface area contributed by atoms with Gasteiger partial charge in [0, 0.05) is 5.56 Å². The molecule has 0 atom stereocenters. The normalized spacial score (nSPS) is 10.8. The molecule has 2 heterocycles. The lowest BCUT2D eigenvalue weighted by molar-refractivity contribution is 0.630. The molecule has 0 saturated heterocycles. The summed E-state index contributed by atoms with van der Waals surface area (Å²) >= 11 is 0. The van der Waals surface area contributed by atoms with Crippen LogP contribution in [0.5, 0.6) is 0 Å². The van der Waals surface area contributed by atoms with Crippen LogP contribution in [0.1, 0.15) is 18.9 Å². The third kappa shape index (κ3) is 1.67. The highest BCUT2D eigenvalue weighted by molar-refractivity contribution is 5.61. The molecule has 80 valence electrons. The summed E-state index contributed by atoms with van der Waals surface area (Å²) in [6.07, 6.45) is 1.85. The van der Waals surface area contributed by atoms with Gasteiger partial charge in [-0.15, -0.1) is 10.2 Å². The number of aromatic amines is 1. The predicted molar refractivity (Wildman–Crippen MR) is 54.8 cm³/mol. The van der Waals surface area contributed by atoms with Crippen molar-refractivity contribution >= 4 is 5.82 Å². The highest BCUT2D eigenvalue weighted by Crippen LogP contribution is 2.22. The Bertz CT molecular complexity index is 455. The van der Waals surface area contributed by atoms with Crippen molar-refractivity contribution in [3.8, 4) is 11.5 Å². The Hall–Kier alpha value is -1.92. The second-order valence-corrected chi connectivity index (χ2v) is 3.31. The van der Waals surface area contributed by atoms with Gasteiger partial charge in [0.05, 0.1) is 7.05 Å². The number of aromatic nitrogens is 6. The molecule has 0 aliphatic rings. The van der Waals surface area contributed by atoms with Crippen LogP contribution in [0.2, 0.25) is 0 Å². The van der Waals surface area contributed by atoms with Gasteiger partial charge in [-0.2, -0.15) is 9.90 Å². The molecule has 0 aliphatic carbocycles. The van der Waals surface area contributed by atoms with Crippen molar-refractivity contribution in [2.24, 2.45) is 7.05 Å². The first-order chi connectivity index (χ1) is 7.22. The van der Waals surface area contributed by atoms with E-state index >= 15 is 0 Å². The van der Waals surface area contributed by atoms with E-state index in [0.29, 0.717) is 11.6 Å². The Balaban J connectivity index is 2.43. The molecule has 3 N–H and O–H groups in total. The summed E-state index contributed by atoms with van der Waals surface area (Å²) in [7, 11) is 1.72. The van der Waals surface area contributed by atoms with Gasteiger partial charge in [0.1, 0.15) is 11.5 Å². The highest BCUT2D eigenvalue weighted by Gasteiger charge is 2.15. The number of rotatable bonds is 3. The Morgan fingerprint density at radius 3 is 2.87 bits per heavy atom. The quantitative estimate of drug-likeness (QED) is 0.745. The molecule has 0 bridgehead atoms. The molecule has 0 aliphatic heterocycles. The van der Waals surface area contributed by atoms with Gasteiger partial charge in [-0.25, -0.2) is 0 Å². The van der Waals surface area contributed by atoms with Crippen LogP contribution in [0, 0.1) is 0 Å². The average Bonchev–Trinajstić information content (AvgIpc) is 2.76. The lowest BCUT2D eigenvalue weighted by Crippen LogP contribution is -1.94. The smallest absolute Gasteiger partial charge is 0.222 e. The monoisotopic (exact) mass is 207 g/mol. The van der Waals surface area contributed by atoms with Gasteiger partial charge in [-0.3, -0.25) is 5.10 Å². The third-order valence-electron chi connectivity index (χ3n) is 2.13. The van der Waals surface area contributed by atoms with E-state index in [0.717, 1.165) is 24.1 Å². The van der Waals surface area contributed by atoms with Gasteiger partial charge in [0.2, 0.25) is 5.82 Å². The van der Waals surface area contributed by atoms with Gasteiger partial charge in [-0.05, 0) is 11.6 Å². The van der Waals surface area contributed by atoms with Crippen molar-refractivity contribution in [1.82, 2.24) is 30.4 Å². The van der Waals surface area contributed by atoms with E-state index in [1.807, 2.05) is 0 Å². The van der Waals surface area contributed by atoms with E-state index in [-0.39, 0.29) is 0 Å². The Kier molecular flexibility index (Phi) is 2.36.